The Hall–Kier alpha value is -4.14. The molecule has 0 saturated carbocycles. The zero-order chi connectivity index (χ0) is 20.1. The van der Waals surface area contributed by atoms with Crippen LogP contribution in [0, 0.1) is 10.1 Å². The van der Waals surface area contributed by atoms with Gasteiger partial charge < -0.3 is 10.5 Å². The molecule has 0 radical (unpaired) electrons. The van der Waals surface area contributed by atoms with Crippen molar-refractivity contribution >= 4 is 34.0 Å². The number of carbonyl (C=O) groups is 2. The summed E-state index contributed by atoms with van der Waals surface area (Å²) >= 11 is 0. The van der Waals surface area contributed by atoms with Crippen LogP contribution < -0.4 is 21.3 Å². The number of non-ortho nitro benzene ring substituents is 1. The number of hydrazine groups is 1. The summed E-state index contributed by atoms with van der Waals surface area (Å²) in [5.74, 6) is -0.832. The van der Waals surface area contributed by atoms with Gasteiger partial charge in [-0.3, -0.25) is 30.6 Å². The van der Waals surface area contributed by atoms with Gasteiger partial charge in [0.05, 0.1) is 4.92 Å². The first-order chi connectivity index (χ1) is 13.4. The van der Waals surface area contributed by atoms with Gasteiger partial charge >= 0.3 is 0 Å². The van der Waals surface area contributed by atoms with Gasteiger partial charge in [-0.15, -0.1) is 0 Å². The average Bonchev–Trinajstić information content (AvgIpc) is 2.69. The van der Waals surface area contributed by atoms with Crippen molar-refractivity contribution in [2.45, 2.75) is 0 Å². The zero-order valence-corrected chi connectivity index (χ0v) is 14.5. The molecule has 0 heterocycles. The van der Waals surface area contributed by atoms with Crippen LogP contribution >= 0.6 is 0 Å². The molecule has 3 aromatic carbocycles. The summed E-state index contributed by atoms with van der Waals surface area (Å²) in [5, 5.41) is 12.8. The predicted molar refractivity (Wildman–Crippen MR) is 103 cm³/mol. The van der Waals surface area contributed by atoms with Gasteiger partial charge in [-0.1, -0.05) is 30.3 Å². The van der Waals surface area contributed by atoms with Crippen molar-refractivity contribution in [3.8, 4) is 5.75 Å². The van der Waals surface area contributed by atoms with E-state index in [1.54, 1.807) is 12.1 Å². The molecule has 0 atom stereocenters. The Morgan fingerprint density at radius 2 is 1.75 bits per heavy atom. The number of anilines is 1. The summed E-state index contributed by atoms with van der Waals surface area (Å²) in [4.78, 5) is 34.1. The summed E-state index contributed by atoms with van der Waals surface area (Å²) in [7, 11) is 0. The molecule has 0 bridgehead atoms. The smallest absolute Gasteiger partial charge is 0.276 e. The minimum atomic E-state index is -0.741. The first-order valence-corrected chi connectivity index (χ1v) is 8.18. The van der Waals surface area contributed by atoms with E-state index in [1.807, 2.05) is 30.3 Å². The molecule has 0 spiro atoms. The van der Waals surface area contributed by atoms with Gasteiger partial charge in [0.2, 0.25) is 0 Å². The van der Waals surface area contributed by atoms with E-state index in [0.717, 1.165) is 22.9 Å². The Labute approximate surface area is 159 Å². The lowest BCUT2D eigenvalue weighted by Crippen LogP contribution is -2.43. The molecule has 0 aliphatic carbocycles. The number of nitrogens with two attached hydrogens (primary N) is 1. The van der Waals surface area contributed by atoms with Crippen LogP contribution in [0.2, 0.25) is 0 Å². The molecule has 0 unspecified atom stereocenters. The SMILES string of the molecule is Nc1cc(C(=O)NNC(=O)COc2ccc3ccccc3c2)cc([N+](=O)[O-])c1. The lowest BCUT2D eigenvalue weighted by atomic mass is 10.1. The van der Waals surface area contributed by atoms with Crippen molar-refractivity contribution < 1.29 is 19.2 Å². The number of benzene rings is 3. The second-order valence-corrected chi connectivity index (χ2v) is 5.87. The number of fused-ring (bicyclic) bond motifs is 1. The van der Waals surface area contributed by atoms with Crippen molar-refractivity contribution in [2.75, 3.05) is 12.3 Å². The minimum Gasteiger partial charge on any atom is -0.484 e. The number of ether oxygens (including phenoxy) is 1. The molecule has 28 heavy (non-hydrogen) atoms. The van der Waals surface area contributed by atoms with Gasteiger partial charge in [-0.2, -0.15) is 0 Å². The third-order valence-electron chi connectivity index (χ3n) is 3.82. The molecule has 0 aliphatic rings. The maximum absolute atomic E-state index is 12.1. The maximum Gasteiger partial charge on any atom is 0.276 e. The van der Waals surface area contributed by atoms with E-state index < -0.39 is 16.7 Å². The zero-order valence-electron chi connectivity index (χ0n) is 14.5. The topological polar surface area (TPSA) is 137 Å². The van der Waals surface area contributed by atoms with Gasteiger partial charge in [0.15, 0.2) is 6.61 Å². The highest BCUT2D eigenvalue weighted by Gasteiger charge is 2.14. The van der Waals surface area contributed by atoms with Crippen LogP contribution in [0.5, 0.6) is 5.75 Å². The van der Waals surface area contributed by atoms with Crippen molar-refractivity contribution in [1.29, 1.82) is 0 Å². The highest BCUT2D eigenvalue weighted by Crippen LogP contribution is 2.20. The third kappa shape index (κ3) is 4.52. The number of nitro benzene ring substituents is 1. The van der Waals surface area contributed by atoms with Crippen LogP contribution in [0.3, 0.4) is 0 Å². The molecule has 4 N–H and O–H groups in total. The largest absolute Gasteiger partial charge is 0.484 e. The molecule has 9 nitrogen and oxygen atoms in total. The van der Waals surface area contributed by atoms with Crippen LogP contribution in [0.1, 0.15) is 10.4 Å². The number of hydrogen-bond donors (Lipinski definition) is 3. The van der Waals surface area contributed by atoms with Crippen molar-refractivity contribution in [3.05, 3.63) is 76.3 Å². The second kappa shape index (κ2) is 8.04. The molecule has 142 valence electrons. The fourth-order valence-electron chi connectivity index (χ4n) is 2.51. The van der Waals surface area contributed by atoms with Gasteiger partial charge in [-0.25, -0.2) is 0 Å². The quantitative estimate of drug-likeness (QED) is 0.352. The van der Waals surface area contributed by atoms with Gasteiger partial charge in [0, 0.05) is 23.4 Å². The lowest BCUT2D eigenvalue weighted by molar-refractivity contribution is -0.384. The number of amides is 2. The minimum absolute atomic E-state index is 0.0533. The highest BCUT2D eigenvalue weighted by molar-refractivity contribution is 5.97. The summed E-state index contributed by atoms with van der Waals surface area (Å²) in [6.07, 6.45) is 0. The fourth-order valence-corrected chi connectivity index (χ4v) is 2.51. The molecule has 0 aliphatic heterocycles. The van der Waals surface area contributed by atoms with E-state index in [-0.39, 0.29) is 23.5 Å². The number of nitro groups is 1. The Bertz CT molecular complexity index is 1070. The van der Waals surface area contributed by atoms with Crippen molar-refractivity contribution in [3.63, 3.8) is 0 Å². The van der Waals surface area contributed by atoms with Crippen LogP contribution in [-0.4, -0.2) is 23.3 Å². The molecule has 3 aromatic rings. The molecule has 9 heteroatoms. The molecular weight excluding hydrogens is 364 g/mol. The third-order valence-corrected chi connectivity index (χ3v) is 3.82. The van der Waals surface area contributed by atoms with Crippen molar-refractivity contribution in [2.24, 2.45) is 0 Å². The predicted octanol–water partition coefficient (Wildman–Crippen LogP) is 2.17. The molecule has 0 saturated heterocycles. The monoisotopic (exact) mass is 380 g/mol. The normalized spacial score (nSPS) is 10.3. The Kier molecular flexibility index (Phi) is 5.35. The number of nitrogen functional groups attached to an aromatic ring is 1. The van der Waals surface area contributed by atoms with Gasteiger partial charge in [0.25, 0.3) is 17.5 Å². The molecule has 3 rings (SSSR count). The van der Waals surface area contributed by atoms with Gasteiger partial charge in [-0.05, 0) is 29.0 Å². The maximum atomic E-state index is 12.1. The number of hydrogen-bond acceptors (Lipinski definition) is 6. The van der Waals surface area contributed by atoms with E-state index in [1.165, 1.54) is 6.07 Å². The number of nitrogens with zero attached hydrogens (tertiary/aromatic N) is 1. The number of rotatable bonds is 5. The summed E-state index contributed by atoms with van der Waals surface area (Å²) in [6, 6.07) is 16.6. The van der Waals surface area contributed by atoms with E-state index in [9.17, 15) is 19.7 Å². The van der Waals surface area contributed by atoms with Crippen LogP contribution in [0.25, 0.3) is 10.8 Å². The van der Waals surface area contributed by atoms with E-state index in [4.69, 9.17) is 10.5 Å². The summed E-state index contributed by atoms with van der Waals surface area (Å²) in [5.41, 5.74) is 9.58. The fraction of sp³-hybridized carbons (Fsp3) is 0.0526. The lowest BCUT2D eigenvalue weighted by Gasteiger charge is -2.10. The van der Waals surface area contributed by atoms with E-state index >= 15 is 0 Å². The molecular formula is C19H16N4O5. The Balaban J connectivity index is 1.55. The highest BCUT2D eigenvalue weighted by atomic mass is 16.6. The first kappa shape index (κ1) is 18.6. The summed E-state index contributed by atoms with van der Waals surface area (Å²) < 4.78 is 5.41. The summed E-state index contributed by atoms with van der Waals surface area (Å²) in [6.45, 7) is -0.324. The van der Waals surface area contributed by atoms with E-state index in [2.05, 4.69) is 10.9 Å². The standard InChI is InChI=1S/C19H16N4O5/c20-15-7-14(8-16(10-15)23(26)27)19(25)22-21-18(24)11-28-17-6-5-12-3-1-2-4-13(12)9-17/h1-10H,11,20H2,(H,21,24)(H,22,25). The number of carbonyl (C=O) groups excluding carboxylic acids is 2. The van der Waals surface area contributed by atoms with Crippen molar-refractivity contribution in [1.82, 2.24) is 10.9 Å². The van der Waals surface area contributed by atoms with Crippen LogP contribution in [-0.2, 0) is 4.79 Å². The van der Waals surface area contributed by atoms with Crippen LogP contribution in [0.4, 0.5) is 11.4 Å². The van der Waals surface area contributed by atoms with E-state index in [0.29, 0.717) is 5.75 Å². The Morgan fingerprint density at radius 1 is 1.00 bits per heavy atom. The second-order valence-electron chi connectivity index (χ2n) is 5.87. The number of nitrogens with one attached hydrogen (secondary N) is 2. The average molecular weight is 380 g/mol. The molecule has 2 amide bonds. The van der Waals surface area contributed by atoms with Crippen LogP contribution in [0.15, 0.2) is 60.7 Å². The molecule has 0 fully saturated rings. The Morgan fingerprint density at radius 3 is 2.50 bits per heavy atom. The molecule has 0 aromatic heterocycles. The first-order valence-electron chi connectivity index (χ1n) is 8.18. The van der Waals surface area contributed by atoms with Gasteiger partial charge in [0.1, 0.15) is 5.75 Å².